The molecule has 0 radical (unpaired) electrons. The van der Waals surface area contributed by atoms with Gasteiger partial charge < -0.3 is 4.74 Å². The Kier molecular flexibility index (Phi) is 9.78. The number of unbranched alkanes of at least 4 members (excludes halogenated alkanes) is 1. The first kappa shape index (κ1) is 24.5. The fraction of sp³-hybridized carbons (Fsp3) is 0.643. The third kappa shape index (κ3) is 7.47. The number of nitriles is 1. The van der Waals surface area contributed by atoms with E-state index in [0.29, 0.717) is 18.3 Å². The molecular formula is C28H38FNO2. The average molecular weight is 440 g/mol. The number of ether oxygens (including phenoxy) is 1. The molecule has 2 saturated carbocycles. The van der Waals surface area contributed by atoms with E-state index < -0.39 is 5.83 Å². The highest BCUT2D eigenvalue weighted by Gasteiger charge is 2.30. The number of carbonyl (C=O) groups excluding carboxylic acids is 1. The second-order valence-corrected chi connectivity index (χ2v) is 9.71. The van der Waals surface area contributed by atoms with Crippen LogP contribution < -0.4 is 0 Å². The molecule has 0 unspecified atom stereocenters. The van der Waals surface area contributed by atoms with Gasteiger partial charge in [0.2, 0.25) is 0 Å². The Morgan fingerprint density at radius 3 is 2.41 bits per heavy atom. The van der Waals surface area contributed by atoms with Crippen LogP contribution in [0.25, 0.3) is 0 Å². The summed E-state index contributed by atoms with van der Waals surface area (Å²) >= 11 is 0. The van der Waals surface area contributed by atoms with Gasteiger partial charge >= 0.3 is 5.97 Å². The van der Waals surface area contributed by atoms with Gasteiger partial charge in [-0.1, -0.05) is 37.6 Å². The molecule has 1 aromatic carbocycles. The summed E-state index contributed by atoms with van der Waals surface area (Å²) in [4.78, 5) is 12.7. The highest BCUT2D eigenvalue weighted by atomic mass is 19.1. The number of nitrogens with zero attached hydrogens (tertiary/aromatic N) is 1. The minimum Gasteiger partial charge on any atom is -0.462 e. The molecule has 32 heavy (non-hydrogen) atoms. The van der Waals surface area contributed by atoms with Gasteiger partial charge in [0.05, 0.1) is 5.92 Å². The summed E-state index contributed by atoms with van der Waals surface area (Å²) in [5, 5.41) is 8.47. The molecule has 2 aliphatic carbocycles. The molecule has 0 N–H and O–H groups in total. The van der Waals surface area contributed by atoms with Gasteiger partial charge in [0.25, 0.3) is 0 Å². The molecule has 3 nitrogen and oxygen atoms in total. The molecule has 0 heterocycles. The maximum Gasteiger partial charge on any atom is 0.309 e. The molecule has 0 spiro atoms. The molecule has 4 heteroatoms. The van der Waals surface area contributed by atoms with Crippen LogP contribution in [-0.2, 0) is 16.0 Å². The van der Waals surface area contributed by atoms with Gasteiger partial charge in [0, 0.05) is 0 Å². The van der Waals surface area contributed by atoms with Crippen molar-refractivity contribution in [3.63, 3.8) is 0 Å². The SMILES string of the molecule is CCCCc1ccc(C2CCC(OC(=O)C3CCC(CC/C=C(/F)C#N)CC3)CC2)cc1. The number of allylic oxidation sites excluding steroid dienone is 2. The Balaban J connectivity index is 1.35. The summed E-state index contributed by atoms with van der Waals surface area (Å²) < 4.78 is 18.8. The molecule has 0 saturated heterocycles. The summed E-state index contributed by atoms with van der Waals surface area (Å²) in [6, 6.07) is 10.7. The molecule has 0 aromatic heterocycles. The second-order valence-electron chi connectivity index (χ2n) is 9.71. The summed E-state index contributed by atoms with van der Waals surface area (Å²) in [7, 11) is 0. The number of benzene rings is 1. The van der Waals surface area contributed by atoms with Gasteiger partial charge in [0.15, 0.2) is 5.83 Å². The monoisotopic (exact) mass is 439 g/mol. The molecule has 2 fully saturated rings. The van der Waals surface area contributed by atoms with Crippen LogP contribution in [0.2, 0.25) is 0 Å². The van der Waals surface area contributed by atoms with Crippen LogP contribution in [0.15, 0.2) is 36.2 Å². The van der Waals surface area contributed by atoms with Crippen molar-refractivity contribution >= 4 is 5.97 Å². The maximum absolute atomic E-state index is 12.9. The lowest BCUT2D eigenvalue weighted by Gasteiger charge is -2.31. The zero-order valence-electron chi connectivity index (χ0n) is 19.5. The van der Waals surface area contributed by atoms with Crippen molar-refractivity contribution < 1.29 is 13.9 Å². The topological polar surface area (TPSA) is 50.1 Å². The molecule has 174 valence electrons. The van der Waals surface area contributed by atoms with Gasteiger partial charge in [0.1, 0.15) is 12.2 Å². The fourth-order valence-electron chi connectivity index (χ4n) is 5.29. The largest absolute Gasteiger partial charge is 0.462 e. The van der Waals surface area contributed by atoms with E-state index in [2.05, 4.69) is 31.2 Å². The first-order valence-corrected chi connectivity index (χ1v) is 12.6. The Morgan fingerprint density at radius 1 is 1.09 bits per heavy atom. The van der Waals surface area contributed by atoms with Crippen LogP contribution in [-0.4, -0.2) is 12.1 Å². The van der Waals surface area contributed by atoms with Crippen molar-refractivity contribution in [1.29, 1.82) is 5.26 Å². The molecule has 0 aliphatic heterocycles. The lowest BCUT2D eigenvalue weighted by molar-refractivity contribution is -0.157. The molecule has 0 bridgehead atoms. The molecule has 3 rings (SSSR count). The first-order valence-electron chi connectivity index (χ1n) is 12.6. The van der Waals surface area contributed by atoms with Crippen LogP contribution >= 0.6 is 0 Å². The van der Waals surface area contributed by atoms with E-state index in [1.807, 2.05) is 0 Å². The van der Waals surface area contributed by atoms with E-state index in [9.17, 15) is 9.18 Å². The van der Waals surface area contributed by atoms with E-state index in [4.69, 9.17) is 10.00 Å². The number of halogens is 1. The number of esters is 1. The zero-order valence-corrected chi connectivity index (χ0v) is 19.5. The van der Waals surface area contributed by atoms with E-state index in [-0.39, 0.29) is 18.0 Å². The summed E-state index contributed by atoms with van der Waals surface area (Å²) in [6.07, 6.45) is 14.4. The number of hydrogen-bond acceptors (Lipinski definition) is 3. The second kappa shape index (κ2) is 12.8. The smallest absolute Gasteiger partial charge is 0.309 e. The van der Waals surface area contributed by atoms with Crippen molar-refractivity contribution in [2.24, 2.45) is 11.8 Å². The zero-order chi connectivity index (χ0) is 22.8. The average Bonchev–Trinajstić information content (AvgIpc) is 2.84. The van der Waals surface area contributed by atoms with Crippen LogP contribution in [0.1, 0.15) is 101 Å². The first-order chi connectivity index (χ1) is 15.6. The summed E-state index contributed by atoms with van der Waals surface area (Å²) in [5.41, 5.74) is 2.86. The Hall–Kier alpha value is -2.15. The predicted octanol–water partition coefficient (Wildman–Crippen LogP) is 7.56. The molecule has 0 atom stereocenters. The third-order valence-electron chi connectivity index (χ3n) is 7.41. The lowest BCUT2D eigenvalue weighted by atomic mass is 9.79. The van der Waals surface area contributed by atoms with Crippen LogP contribution in [0.3, 0.4) is 0 Å². The van der Waals surface area contributed by atoms with Crippen molar-refractivity contribution in [2.45, 2.75) is 102 Å². The van der Waals surface area contributed by atoms with E-state index in [1.165, 1.54) is 36.1 Å². The fourth-order valence-corrected chi connectivity index (χ4v) is 5.29. The van der Waals surface area contributed by atoms with Crippen LogP contribution in [0.4, 0.5) is 4.39 Å². The normalized spacial score (nSPS) is 26.3. The minimum absolute atomic E-state index is 0.0115. The van der Waals surface area contributed by atoms with Crippen molar-refractivity contribution in [1.82, 2.24) is 0 Å². The number of hydrogen-bond donors (Lipinski definition) is 0. The van der Waals surface area contributed by atoms with E-state index in [1.54, 1.807) is 0 Å². The highest BCUT2D eigenvalue weighted by Crippen LogP contribution is 2.36. The number of rotatable bonds is 9. The van der Waals surface area contributed by atoms with Crippen molar-refractivity contribution in [3.8, 4) is 6.07 Å². The third-order valence-corrected chi connectivity index (χ3v) is 7.41. The predicted molar refractivity (Wildman–Crippen MR) is 126 cm³/mol. The van der Waals surface area contributed by atoms with Crippen molar-refractivity contribution in [2.75, 3.05) is 0 Å². The minimum atomic E-state index is -0.694. The quantitative estimate of drug-likeness (QED) is 0.295. The molecule has 2 aliphatic rings. The van der Waals surface area contributed by atoms with Gasteiger partial charge in [-0.05, 0) is 106 Å². The lowest BCUT2D eigenvalue weighted by Crippen LogP contribution is -2.29. The molecule has 1 aromatic rings. The summed E-state index contributed by atoms with van der Waals surface area (Å²) in [6.45, 7) is 2.23. The number of carbonyl (C=O) groups is 1. The highest BCUT2D eigenvalue weighted by molar-refractivity contribution is 5.72. The van der Waals surface area contributed by atoms with Crippen LogP contribution in [0.5, 0.6) is 0 Å². The maximum atomic E-state index is 12.9. The van der Waals surface area contributed by atoms with Gasteiger partial charge in [-0.25, -0.2) is 0 Å². The molecule has 0 amide bonds. The Labute approximate surface area is 193 Å². The van der Waals surface area contributed by atoms with E-state index >= 15 is 0 Å². The molecular weight excluding hydrogens is 401 g/mol. The van der Waals surface area contributed by atoms with Crippen molar-refractivity contribution in [3.05, 3.63) is 47.3 Å². The standard InChI is InChI=1S/C28H38FNO2/c1-2-3-5-21-8-12-23(13-9-21)24-16-18-27(19-17-24)32-28(31)25-14-10-22(11-15-25)6-4-7-26(29)20-30/h7-9,12-13,22,24-25,27H,2-6,10-11,14-19H2,1H3/b26-7+. The summed E-state index contributed by atoms with van der Waals surface area (Å²) in [5.74, 6) is 0.417. The number of aryl methyl sites for hydroxylation is 1. The van der Waals surface area contributed by atoms with Crippen LogP contribution in [0, 0.1) is 23.2 Å². The Morgan fingerprint density at radius 2 is 1.78 bits per heavy atom. The van der Waals surface area contributed by atoms with Gasteiger partial charge in [-0.15, -0.1) is 0 Å². The van der Waals surface area contributed by atoms with E-state index in [0.717, 1.165) is 64.2 Å². The van der Waals surface area contributed by atoms with Gasteiger partial charge in [-0.2, -0.15) is 9.65 Å². The van der Waals surface area contributed by atoms with Gasteiger partial charge in [-0.3, -0.25) is 4.79 Å². The Bertz CT molecular complexity index is 779.